The molecule has 0 aliphatic heterocycles. The van der Waals surface area contributed by atoms with Gasteiger partial charge >= 0.3 is 0 Å². The van der Waals surface area contributed by atoms with Crippen LogP contribution in [0.25, 0.3) is 5.76 Å². The molecule has 0 atom stereocenters. The maximum absolute atomic E-state index is 12.7. The molecule has 2 N–H and O–H groups in total. The Balaban J connectivity index is 1.62. The molecule has 0 bridgehead atoms. The number of carbonyl (C=O) groups excluding carboxylic acids is 1. The van der Waals surface area contributed by atoms with Crippen LogP contribution in [0.4, 0.5) is 11.6 Å². The van der Waals surface area contributed by atoms with Crippen LogP contribution in [-0.2, 0) is 10.0 Å². The predicted octanol–water partition coefficient (Wildman–Crippen LogP) is 3.66. The van der Waals surface area contributed by atoms with E-state index in [2.05, 4.69) is 19.7 Å². The molecule has 9 nitrogen and oxygen atoms in total. The summed E-state index contributed by atoms with van der Waals surface area (Å²) in [6.07, 6.45) is 0. The second-order valence-electron chi connectivity index (χ2n) is 7.24. The van der Waals surface area contributed by atoms with Crippen LogP contribution in [0.2, 0.25) is 0 Å². The lowest BCUT2D eigenvalue weighted by atomic mass is 10.1. The number of ketones is 1. The number of aromatic nitrogens is 2. The number of aryl methyl sites for hydroxylation is 2. The highest BCUT2D eigenvalue weighted by atomic mass is 32.2. The van der Waals surface area contributed by atoms with E-state index >= 15 is 0 Å². The monoisotopic (exact) mass is 459 g/mol. The number of fused-ring (bicyclic) bond motifs is 1. The summed E-state index contributed by atoms with van der Waals surface area (Å²) in [5.74, 6) is -0.851. The van der Waals surface area contributed by atoms with Gasteiger partial charge in [-0.25, -0.2) is 28.1 Å². The highest BCUT2D eigenvalue weighted by Gasteiger charge is 2.32. The summed E-state index contributed by atoms with van der Waals surface area (Å²) in [6, 6.07) is 15.4. The maximum atomic E-state index is 12.7. The number of allylic oxidation sites excluding steroid dienone is 1. The second kappa shape index (κ2) is 8.29. The third-order valence-corrected chi connectivity index (χ3v) is 6.17. The zero-order valence-corrected chi connectivity index (χ0v) is 18.4. The van der Waals surface area contributed by atoms with Gasteiger partial charge in [0.15, 0.2) is 11.5 Å². The largest absolute Gasteiger partial charge is 0.506 e. The molecular formula is C23H17N5O4S. The van der Waals surface area contributed by atoms with Crippen LogP contribution in [0, 0.1) is 25.2 Å². The molecule has 1 aliphatic carbocycles. The van der Waals surface area contributed by atoms with E-state index in [4.69, 9.17) is 0 Å². The second-order valence-corrected chi connectivity index (χ2v) is 8.93. The average Bonchev–Trinajstić information content (AvgIpc) is 3.02. The Morgan fingerprint density at radius 1 is 1.03 bits per heavy atom. The first-order chi connectivity index (χ1) is 15.7. The number of sulfonamides is 1. The zero-order valence-electron chi connectivity index (χ0n) is 17.6. The van der Waals surface area contributed by atoms with Crippen LogP contribution >= 0.6 is 0 Å². The summed E-state index contributed by atoms with van der Waals surface area (Å²) >= 11 is 0. The summed E-state index contributed by atoms with van der Waals surface area (Å²) in [4.78, 5) is 24.9. The predicted molar refractivity (Wildman–Crippen MR) is 122 cm³/mol. The van der Waals surface area contributed by atoms with Crippen LogP contribution in [0.3, 0.4) is 0 Å². The highest BCUT2D eigenvalue weighted by molar-refractivity contribution is 7.92. The number of hydrogen-bond donors (Lipinski definition) is 2. The molecule has 33 heavy (non-hydrogen) atoms. The lowest BCUT2D eigenvalue weighted by molar-refractivity contribution is 0.104. The van der Waals surface area contributed by atoms with E-state index in [0.717, 1.165) is 0 Å². The van der Waals surface area contributed by atoms with Crippen molar-refractivity contribution in [1.29, 1.82) is 5.26 Å². The zero-order chi connectivity index (χ0) is 23.8. The molecule has 0 saturated carbocycles. The van der Waals surface area contributed by atoms with Gasteiger partial charge in [0, 0.05) is 22.5 Å². The normalized spacial score (nSPS) is 13.6. The van der Waals surface area contributed by atoms with E-state index in [1.54, 1.807) is 44.2 Å². The van der Waals surface area contributed by atoms with Crippen LogP contribution in [0.15, 0.2) is 70.1 Å². The number of rotatable bonds is 5. The van der Waals surface area contributed by atoms with E-state index in [1.807, 2.05) is 6.07 Å². The number of benzene rings is 2. The third kappa shape index (κ3) is 4.22. The Bertz CT molecular complexity index is 1480. The molecule has 0 unspecified atom stereocenters. The van der Waals surface area contributed by atoms with Gasteiger partial charge in [-0.2, -0.15) is 5.26 Å². The molecular weight excluding hydrogens is 442 g/mol. The summed E-state index contributed by atoms with van der Waals surface area (Å²) in [7, 11) is -3.96. The van der Waals surface area contributed by atoms with Crippen molar-refractivity contribution in [3.63, 3.8) is 0 Å². The van der Waals surface area contributed by atoms with Crippen molar-refractivity contribution in [3.8, 4) is 6.07 Å². The van der Waals surface area contributed by atoms with E-state index < -0.39 is 15.8 Å². The molecule has 164 valence electrons. The number of nitrogens with zero attached hydrogens (tertiary/aromatic N) is 4. The first-order valence-electron chi connectivity index (χ1n) is 9.71. The summed E-state index contributed by atoms with van der Waals surface area (Å²) in [5, 5.41) is 20.0. The van der Waals surface area contributed by atoms with Crippen LogP contribution in [0.5, 0.6) is 0 Å². The molecule has 1 heterocycles. The minimum absolute atomic E-state index is 0.0388. The molecule has 0 saturated heterocycles. The first-order valence-corrected chi connectivity index (χ1v) is 11.2. The van der Waals surface area contributed by atoms with E-state index in [9.17, 15) is 23.6 Å². The van der Waals surface area contributed by atoms with Crippen LogP contribution < -0.4 is 4.72 Å². The number of hydrogen-bond acceptors (Lipinski definition) is 8. The number of anilines is 1. The summed E-state index contributed by atoms with van der Waals surface area (Å²) in [6.45, 7) is 3.46. The molecule has 0 spiro atoms. The molecule has 10 heteroatoms. The Labute approximate surface area is 189 Å². The average molecular weight is 459 g/mol. The Morgan fingerprint density at radius 2 is 1.64 bits per heavy atom. The van der Waals surface area contributed by atoms with Crippen molar-refractivity contribution in [3.05, 3.63) is 82.7 Å². The van der Waals surface area contributed by atoms with Crippen molar-refractivity contribution in [2.24, 2.45) is 4.99 Å². The lowest BCUT2D eigenvalue weighted by Crippen LogP contribution is -2.15. The standard InChI is InChI=1S/C23H17N5O4S/c1-13-11-14(2)26-23(25-13)28-33(31,32)16-9-7-15(8-10-16)27-19(12-24)20-21(29)17-5-3-4-6-18(17)22(20)30/h3-11,29H,1-2H3,(H,25,26,28). The molecule has 1 aromatic heterocycles. The Morgan fingerprint density at radius 3 is 2.21 bits per heavy atom. The lowest BCUT2D eigenvalue weighted by Gasteiger charge is -2.08. The number of nitrogens with one attached hydrogen (secondary N) is 1. The van der Waals surface area contributed by atoms with Crippen LogP contribution in [0.1, 0.15) is 27.3 Å². The molecule has 0 radical (unpaired) electrons. The number of carbonyl (C=O) groups is 1. The van der Waals surface area contributed by atoms with Gasteiger partial charge in [-0.3, -0.25) is 4.79 Å². The highest BCUT2D eigenvalue weighted by Crippen LogP contribution is 2.32. The van der Waals surface area contributed by atoms with Crippen molar-refractivity contribution in [2.45, 2.75) is 18.7 Å². The van der Waals surface area contributed by atoms with Gasteiger partial charge in [0.05, 0.1) is 10.6 Å². The fraction of sp³-hybridized carbons (Fsp3) is 0.0870. The van der Waals surface area contributed by atoms with Gasteiger partial charge in [-0.15, -0.1) is 0 Å². The summed E-state index contributed by atoms with van der Waals surface area (Å²) < 4.78 is 27.7. The van der Waals surface area contributed by atoms with Gasteiger partial charge in [-0.1, -0.05) is 24.3 Å². The van der Waals surface area contributed by atoms with E-state index in [0.29, 0.717) is 17.0 Å². The summed E-state index contributed by atoms with van der Waals surface area (Å²) in [5.41, 5.74) is 1.63. The number of Topliss-reactive ketones (excluding diaryl/α,β-unsaturated/α-hetero) is 1. The quantitative estimate of drug-likeness (QED) is 0.554. The third-order valence-electron chi connectivity index (χ3n) is 4.83. The van der Waals surface area contributed by atoms with Crippen molar-refractivity contribution < 1.29 is 18.3 Å². The van der Waals surface area contributed by atoms with Gasteiger partial charge < -0.3 is 5.11 Å². The van der Waals surface area contributed by atoms with E-state index in [1.165, 1.54) is 24.3 Å². The van der Waals surface area contributed by atoms with Gasteiger partial charge in [0.25, 0.3) is 10.0 Å². The Kier molecular flexibility index (Phi) is 5.49. The van der Waals surface area contributed by atoms with E-state index in [-0.39, 0.29) is 39.1 Å². The number of aliphatic imine (C=N–C) groups is 1. The van der Waals surface area contributed by atoms with Gasteiger partial charge in [0.2, 0.25) is 5.95 Å². The first kappa shape index (κ1) is 21.9. The van der Waals surface area contributed by atoms with Gasteiger partial charge in [0.1, 0.15) is 17.4 Å². The molecule has 0 fully saturated rings. The fourth-order valence-electron chi connectivity index (χ4n) is 3.40. The van der Waals surface area contributed by atoms with Crippen molar-refractivity contribution in [1.82, 2.24) is 9.97 Å². The number of nitriles is 1. The minimum atomic E-state index is -3.96. The minimum Gasteiger partial charge on any atom is -0.506 e. The molecule has 4 rings (SSSR count). The fourth-order valence-corrected chi connectivity index (χ4v) is 4.34. The van der Waals surface area contributed by atoms with Gasteiger partial charge in [-0.05, 0) is 44.2 Å². The maximum Gasteiger partial charge on any atom is 0.264 e. The number of aliphatic hydroxyl groups excluding tert-OH is 1. The van der Waals surface area contributed by atoms with Crippen molar-refractivity contribution in [2.75, 3.05) is 4.72 Å². The smallest absolute Gasteiger partial charge is 0.264 e. The Hall–Kier alpha value is -4.36. The van der Waals surface area contributed by atoms with Crippen LogP contribution in [-0.4, -0.2) is 35.0 Å². The molecule has 2 aromatic carbocycles. The topological polar surface area (TPSA) is 145 Å². The SMILES string of the molecule is Cc1cc(C)nc(NS(=O)(=O)c2ccc(N=C(C#N)C3=C(O)c4ccccc4C3=O)cc2)n1. The molecule has 1 aliphatic rings. The van der Waals surface area contributed by atoms with Crippen molar-refractivity contribution >= 4 is 38.9 Å². The molecule has 3 aromatic rings. The molecule has 0 amide bonds. The number of aliphatic hydroxyl groups is 1.